The number of benzene rings is 1. The average Bonchev–Trinajstić information content (AvgIpc) is 2.69. The van der Waals surface area contributed by atoms with Crippen LogP contribution in [0.5, 0.6) is 0 Å². The van der Waals surface area contributed by atoms with Crippen LogP contribution in [-0.4, -0.2) is 46.5 Å². The molecule has 1 aromatic carbocycles. The van der Waals surface area contributed by atoms with Gasteiger partial charge in [0, 0.05) is 11.6 Å². The molecule has 0 bridgehead atoms. The fourth-order valence-corrected chi connectivity index (χ4v) is 3.54. The van der Waals surface area contributed by atoms with Crippen LogP contribution in [0.25, 0.3) is 0 Å². The van der Waals surface area contributed by atoms with Crippen molar-refractivity contribution in [1.82, 2.24) is 15.5 Å². The zero-order valence-electron chi connectivity index (χ0n) is 21.9. The maximum Gasteiger partial charge on any atom is 0.408 e. The molecule has 186 valence electrons. The minimum atomic E-state index is -0.826. The van der Waals surface area contributed by atoms with Gasteiger partial charge in [-0.2, -0.15) is 0 Å². The van der Waals surface area contributed by atoms with Gasteiger partial charge in [0.2, 0.25) is 11.8 Å². The molecule has 0 radical (unpaired) electrons. The number of hydrogen-bond acceptors (Lipinski definition) is 4. The first-order valence-corrected chi connectivity index (χ1v) is 11.9. The quantitative estimate of drug-likeness (QED) is 0.520. The maximum absolute atomic E-state index is 13.5. The zero-order chi connectivity index (χ0) is 25.4. The summed E-state index contributed by atoms with van der Waals surface area (Å²) >= 11 is 0. The number of rotatable bonds is 10. The SMILES string of the molecule is CCCC(C)NC(=O)C(c1ccc(C)cc1)N(C(=O)CNC(=O)OC(C)(C)C)C(C)(C)CC. The number of aryl methyl sites for hydroxylation is 1. The lowest BCUT2D eigenvalue weighted by atomic mass is 9.92. The lowest BCUT2D eigenvalue weighted by Gasteiger charge is -2.43. The Bertz CT molecular complexity index is 797. The van der Waals surface area contributed by atoms with E-state index in [0.717, 1.165) is 24.0 Å². The molecule has 0 aliphatic carbocycles. The second-order valence-electron chi connectivity index (χ2n) is 10.3. The molecule has 1 aromatic rings. The Balaban J connectivity index is 3.33. The number of carbonyl (C=O) groups excluding carboxylic acids is 3. The summed E-state index contributed by atoms with van der Waals surface area (Å²) in [5.74, 6) is -0.580. The molecule has 2 N–H and O–H groups in total. The molecule has 3 amide bonds. The van der Waals surface area contributed by atoms with Gasteiger partial charge in [-0.05, 0) is 66.9 Å². The van der Waals surface area contributed by atoms with E-state index in [1.54, 1.807) is 25.7 Å². The third kappa shape index (κ3) is 9.06. The van der Waals surface area contributed by atoms with Gasteiger partial charge in [-0.15, -0.1) is 0 Å². The van der Waals surface area contributed by atoms with Gasteiger partial charge in [0.25, 0.3) is 0 Å². The van der Waals surface area contributed by atoms with E-state index in [-0.39, 0.29) is 24.4 Å². The van der Waals surface area contributed by atoms with Crippen molar-refractivity contribution in [3.8, 4) is 0 Å². The van der Waals surface area contributed by atoms with E-state index in [0.29, 0.717) is 6.42 Å². The third-order valence-electron chi connectivity index (χ3n) is 5.58. The molecule has 0 aliphatic heterocycles. The fourth-order valence-electron chi connectivity index (χ4n) is 3.54. The molecular formula is C26H43N3O4. The van der Waals surface area contributed by atoms with E-state index in [4.69, 9.17) is 4.74 Å². The molecule has 0 spiro atoms. The van der Waals surface area contributed by atoms with Gasteiger partial charge in [0.15, 0.2) is 0 Å². The van der Waals surface area contributed by atoms with Crippen LogP contribution in [0.3, 0.4) is 0 Å². The standard InChI is InChI=1S/C26H43N3O4/c1-10-12-19(4)28-23(31)22(20-15-13-18(3)14-16-20)29(26(8,9)11-2)21(30)17-27-24(32)33-25(5,6)7/h13-16,19,22H,10-12,17H2,1-9H3,(H,27,32)(H,28,31). The first-order valence-electron chi connectivity index (χ1n) is 11.9. The Morgan fingerprint density at radius 2 is 1.61 bits per heavy atom. The van der Waals surface area contributed by atoms with Crippen LogP contribution in [-0.2, 0) is 14.3 Å². The second-order valence-corrected chi connectivity index (χ2v) is 10.3. The summed E-state index contributed by atoms with van der Waals surface area (Å²) in [4.78, 5) is 40.8. The molecule has 7 heteroatoms. The topological polar surface area (TPSA) is 87.7 Å². The summed E-state index contributed by atoms with van der Waals surface area (Å²) in [7, 11) is 0. The van der Waals surface area contributed by atoms with Gasteiger partial charge >= 0.3 is 6.09 Å². The van der Waals surface area contributed by atoms with Gasteiger partial charge in [0.05, 0.1) is 0 Å². The van der Waals surface area contributed by atoms with Gasteiger partial charge in [-0.3, -0.25) is 9.59 Å². The zero-order valence-corrected chi connectivity index (χ0v) is 21.9. The fraction of sp³-hybridized carbons (Fsp3) is 0.654. The number of nitrogens with one attached hydrogen (secondary N) is 2. The van der Waals surface area contributed by atoms with Crippen molar-refractivity contribution in [2.75, 3.05) is 6.54 Å². The van der Waals surface area contributed by atoms with E-state index in [1.807, 2.05) is 58.9 Å². The number of nitrogens with zero attached hydrogens (tertiary/aromatic N) is 1. The summed E-state index contributed by atoms with van der Waals surface area (Å²) in [5, 5.41) is 5.62. The first-order chi connectivity index (χ1) is 15.2. The van der Waals surface area contributed by atoms with Crippen molar-refractivity contribution < 1.29 is 19.1 Å². The van der Waals surface area contributed by atoms with Gasteiger partial charge < -0.3 is 20.3 Å². The van der Waals surface area contributed by atoms with Crippen molar-refractivity contribution in [3.63, 3.8) is 0 Å². The van der Waals surface area contributed by atoms with Gasteiger partial charge in [0.1, 0.15) is 18.2 Å². The Hall–Kier alpha value is -2.57. The van der Waals surface area contributed by atoms with Crippen molar-refractivity contribution in [2.24, 2.45) is 0 Å². The van der Waals surface area contributed by atoms with Gasteiger partial charge in [-0.1, -0.05) is 50.1 Å². The first kappa shape index (κ1) is 28.5. The number of carbonyl (C=O) groups is 3. The van der Waals surface area contributed by atoms with E-state index in [9.17, 15) is 14.4 Å². The summed E-state index contributed by atoms with van der Waals surface area (Å²) in [5.41, 5.74) is 0.494. The predicted molar refractivity (Wildman–Crippen MR) is 132 cm³/mol. The summed E-state index contributed by atoms with van der Waals surface area (Å²) in [6.07, 6.45) is 1.75. The lowest BCUT2D eigenvalue weighted by Crippen LogP contribution is -2.56. The summed E-state index contributed by atoms with van der Waals surface area (Å²) in [6.45, 7) is 16.9. The van der Waals surface area contributed by atoms with Crippen molar-refractivity contribution >= 4 is 17.9 Å². The minimum Gasteiger partial charge on any atom is -0.444 e. The van der Waals surface area contributed by atoms with Crippen LogP contribution in [0.4, 0.5) is 4.79 Å². The lowest BCUT2D eigenvalue weighted by molar-refractivity contribution is -0.147. The highest BCUT2D eigenvalue weighted by molar-refractivity contribution is 5.91. The Kier molecular flexibility index (Phi) is 10.4. The van der Waals surface area contributed by atoms with E-state index < -0.39 is 23.3 Å². The number of ether oxygens (including phenoxy) is 1. The highest BCUT2D eigenvalue weighted by Gasteiger charge is 2.40. The van der Waals surface area contributed by atoms with Crippen LogP contribution in [0, 0.1) is 6.92 Å². The molecule has 0 aromatic heterocycles. The van der Waals surface area contributed by atoms with E-state index in [1.165, 1.54) is 0 Å². The van der Waals surface area contributed by atoms with Crippen LogP contribution in [0.2, 0.25) is 0 Å². The van der Waals surface area contributed by atoms with Crippen molar-refractivity contribution in [3.05, 3.63) is 35.4 Å². The number of alkyl carbamates (subject to hydrolysis) is 1. The van der Waals surface area contributed by atoms with Crippen molar-refractivity contribution in [2.45, 2.75) is 105 Å². The molecule has 2 unspecified atom stereocenters. The van der Waals surface area contributed by atoms with Crippen LogP contribution in [0.1, 0.15) is 91.8 Å². The Morgan fingerprint density at radius 1 is 1.03 bits per heavy atom. The van der Waals surface area contributed by atoms with Gasteiger partial charge in [-0.25, -0.2) is 4.79 Å². The summed E-state index contributed by atoms with van der Waals surface area (Å²) in [6, 6.07) is 6.80. The largest absolute Gasteiger partial charge is 0.444 e. The smallest absolute Gasteiger partial charge is 0.408 e. The molecule has 0 aliphatic rings. The Labute approximate surface area is 199 Å². The molecule has 0 fully saturated rings. The molecule has 33 heavy (non-hydrogen) atoms. The monoisotopic (exact) mass is 461 g/mol. The second kappa shape index (κ2) is 12.1. The van der Waals surface area contributed by atoms with E-state index >= 15 is 0 Å². The molecule has 2 atom stereocenters. The van der Waals surface area contributed by atoms with E-state index in [2.05, 4.69) is 17.6 Å². The normalized spacial score (nSPS) is 13.6. The van der Waals surface area contributed by atoms with Crippen molar-refractivity contribution in [1.29, 1.82) is 0 Å². The maximum atomic E-state index is 13.5. The van der Waals surface area contributed by atoms with Crippen LogP contribution in [0.15, 0.2) is 24.3 Å². The molecule has 0 saturated carbocycles. The minimum absolute atomic E-state index is 0.0166. The average molecular weight is 462 g/mol. The third-order valence-corrected chi connectivity index (χ3v) is 5.58. The molecule has 1 rings (SSSR count). The van der Waals surface area contributed by atoms with Crippen LogP contribution >= 0.6 is 0 Å². The highest BCUT2D eigenvalue weighted by Crippen LogP contribution is 2.31. The molecular weight excluding hydrogens is 418 g/mol. The number of amides is 3. The molecule has 0 saturated heterocycles. The predicted octanol–water partition coefficient (Wildman–Crippen LogP) is 4.88. The Morgan fingerprint density at radius 3 is 2.09 bits per heavy atom. The van der Waals surface area contributed by atoms with Crippen LogP contribution < -0.4 is 10.6 Å². The molecule has 0 heterocycles. The summed E-state index contributed by atoms with van der Waals surface area (Å²) < 4.78 is 5.27. The molecule has 7 nitrogen and oxygen atoms in total. The number of hydrogen-bond donors (Lipinski definition) is 2. The highest BCUT2D eigenvalue weighted by atomic mass is 16.6.